The Balaban J connectivity index is 2.36. The van der Waals surface area contributed by atoms with Gasteiger partial charge in [0.05, 0.1) is 0 Å². The Morgan fingerprint density at radius 1 is 1.27 bits per heavy atom. The molecule has 0 aliphatic heterocycles. The van der Waals surface area contributed by atoms with E-state index in [2.05, 4.69) is 24.0 Å². The van der Waals surface area contributed by atoms with Gasteiger partial charge in [0.15, 0.2) is 0 Å². The standard InChI is InChI=1S/C18H25NO3/c1-3-4-13-16(18(21)22)19-17(20)14(2)9-8-12-15-10-6-5-7-11-15/h3,5-7,10-11,14,16H,1,4,8-9,12-13H2,2H3,(H,19,20)(H,21,22). The number of aliphatic carboxylic acids is 1. The molecule has 0 radical (unpaired) electrons. The van der Waals surface area contributed by atoms with Crippen molar-refractivity contribution in [3.05, 3.63) is 48.6 Å². The fourth-order valence-electron chi connectivity index (χ4n) is 2.24. The molecule has 4 nitrogen and oxygen atoms in total. The molecule has 0 heterocycles. The van der Waals surface area contributed by atoms with Gasteiger partial charge in [0, 0.05) is 5.92 Å². The van der Waals surface area contributed by atoms with Crippen LogP contribution in [-0.4, -0.2) is 23.0 Å². The third-order valence-electron chi connectivity index (χ3n) is 3.67. The molecule has 1 rings (SSSR count). The van der Waals surface area contributed by atoms with Gasteiger partial charge >= 0.3 is 5.97 Å². The van der Waals surface area contributed by atoms with Crippen molar-refractivity contribution in [1.82, 2.24) is 5.32 Å². The van der Waals surface area contributed by atoms with E-state index in [4.69, 9.17) is 5.11 Å². The van der Waals surface area contributed by atoms with Crippen molar-refractivity contribution in [2.24, 2.45) is 5.92 Å². The first-order chi connectivity index (χ1) is 10.5. The summed E-state index contributed by atoms with van der Waals surface area (Å²) in [5.74, 6) is -1.37. The molecule has 2 atom stereocenters. The van der Waals surface area contributed by atoms with Crippen LogP contribution < -0.4 is 5.32 Å². The molecular weight excluding hydrogens is 278 g/mol. The van der Waals surface area contributed by atoms with Crippen LogP contribution in [0.4, 0.5) is 0 Å². The van der Waals surface area contributed by atoms with E-state index in [9.17, 15) is 9.59 Å². The molecule has 0 aliphatic rings. The Bertz CT molecular complexity index is 484. The van der Waals surface area contributed by atoms with Gasteiger partial charge in [-0.2, -0.15) is 0 Å². The highest BCUT2D eigenvalue weighted by Crippen LogP contribution is 2.11. The molecule has 0 saturated carbocycles. The predicted octanol–water partition coefficient (Wildman–Crippen LogP) is 3.18. The normalized spacial score (nSPS) is 13.1. The maximum absolute atomic E-state index is 12.1. The summed E-state index contributed by atoms with van der Waals surface area (Å²) >= 11 is 0. The van der Waals surface area contributed by atoms with Gasteiger partial charge in [-0.05, 0) is 37.7 Å². The first-order valence-electron chi connectivity index (χ1n) is 7.72. The second-order valence-corrected chi connectivity index (χ2v) is 5.54. The smallest absolute Gasteiger partial charge is 0.326 e. The molecule has 1 amide bonds. The van der Waals surface area contributed by atoms with Crippen LogP contribution in [0.1, 0.15) is 38.2 Å². The molecule has 2 unspecified atom stereocenters. The minimum absolute atomic E-state index is 0.186. The maximum Gasteiger partial charge on any atom is 0.326 e. The zero-order valence-electron chi connectivity index (χ0n) is 13.1. The zero-order valence-corrected chi connectivity index (χ0v) is 13.1. The highest BCUT2D eigenvalue weighted by Gasteiger charge is 2.21. The van der Waals surface area contributed by atoms with Crippen molar-refractivity contribution in [3.8, 4) is 0 Å². The molecule has 0 aromatic heterocycles. The monoisotopic (exact) mass is 303 g/mol. The van der Waals surface area contributed by atoms with Crippen LogP contribution in [0.25, 0.3) is 0 Å². The molecule has 1 aromatic carbocycles. The van der Waals surface area contributed by atoms with E-state index >= 15 is 0 Å². The number of hydrogen-bond donors (Lipinski definition) is 2. The van der Waals surface area contributed by atoms with Crippen LogP contribution in [0, 0.1) is 5.92 Å². The lowest BCUT2D eigenvalue weighted by atomic mass is 9.99. The summed E-state index contributed by atoms with van der Waals surface area (Å²) in [4.78, 5) is 23.2. The second kappa shape index (κ2) is 9.77. The first-order valence-corrected chi connectivity index (χ1v) is 7.72. The summed E-state index contributed by atoms with van der Waals surface area (Å²) in [7, 11) is 0. The molecule has 2 N–H and O–H groups in total. The Hall–Kier alpha value is -2.10. The molecule has 0 bridgehead atoms. The number of carboxylic acid groups (broad SMARTS) is 1. The number of hydrogen-bond acceptors (Lipinski definition) is 2. The van der Waals surface area contributed by atoms with Gasteiger partial charge in [0.1, 0.15) is 6.04 Å². The van der Waals surface area contributed by atoms with E-state index in [1.54, 1.807) is 6.08 Å². The molecule has 22 heavy (non-hydrogen) atoms. The Morgan fingerprint density at radius 2 is 1.95 bits per heavy atom. The van der Waals surface area contributed by atoms with Gasteiger partial charge in [-0.3, -0.25) is 4.79 Å². The maximum atomic E-state index is 12.1. The number of amides is 1. The largest absolute Gasteiger partial charge is 0.480 e. The van der Waals surface area contributed by atoms with Crippen LogP contribution in [0.3, 0.4) is 0 Å². The summed E-state index contributed by atoms with van der Waals surface area (Å²) in [6.45, 7) is 5.41. The second-order valence-electron chi connectivity index (χ2n) is 5.54. The fourth-order valence-corrected chi connectivity index (χ4v) is 2.24. The van der Waals surface area contributed by atoms with Crippen molar-refractivity contribution >= 4 is 11.9 Å². The zero-order chi connectivity index (χ0) is 16.4. The Labute approximate surface area is 132 Å². The third kappa shape index (κ3) is 6.57. The molecule has 0 fully saturated rings. The quantitative estimate of drug-likeness (QED) is 0.652. The van der Waals surface area contributed by atoms with Gasteiger partial charge in [-0.1, -0.05) is 43.3 Å². The highest BCUT2D eigenvalue weighted by atomic mass is 16.4. The van der Waals surface area contributed by atoms with E-state index < -0.39 is 12.0 Å². The van der Waals surface area contributed by atoms with Crippen molar-refractivity contribution in [2.45, 2.75) is 45.1 Å². The topological polar surface area (TPSA) is 66.4 Å². The molecular formula is C18H25NO3. The number of nitrogens with one attached hydrogen (secondary N) is 1. The molecule has 4 heteroatoms. The summed E-state index contributed by atoms with van der Waals surface area (Å²) in [5.41, 5.74) is 1.25. The van der Waals surface area contributed by atoms with E-state index in [0.717, 1.165) is 19.3 Å². The molecule has 120 valence electrons. The number of benzene rings is 1. The molecule has 0 spiro atoms. The Kier molecular flexibility index (Phi) is 7.97. The number of rotatable bonds is 10. The first kappa shape index (κ1) is 18.0. The fraction of sp³-hybridized carbons (Fsp3) is 0.444. The summed E-state index contributed by atoms with van der Waals surface area (Å²) in [6, 6.07) is 9.29. The molecule has 0 aliphatic carbocycles. The van der Waals surface area contributed by atoms with Crippen molar-refractivity contribution < 1.29 is 14.7 Å². The van der Waals surface area contributed by atoms with Gasteiger partial charge < -0.3 is 10.4 Å². The lowest BCUT2D eigenvalue weighted by Gasteiger charge is -2.17. The number of carbonyl (C=O) groups is 2. The Morgan fingerprint density at radius 3 is 2.55 bits per heavy atom. The van der Waals surface area contributed by atoms with Gasteiger partial charge in [0.25, 0.3) is 0 Å². The summed E-state index contributed by atoms with van der Waals surface area (Å²) in [5, 5.41) is 11.7. The van der Waals surface area contributed by atoms with E-state index in [-0.39, 0.29) is 11.8 Å². The number of aryl methyl sites for hydroxylation is 1. The van der Waals surface area contributed by atoms with E-state index in [1.165, 1.54) is 5.56 Å². The van der Waals surface area contributed by atoms with Crippen LogP contribution in [0.15, 0.2) is 43.0 Å². The average Bonchev–Trinajstić information content (AvgIpc) is 2.51. The van der Waals surface area contributed by atoms with Crippen LogP contribution in [0.5, 0.6) is 0 Å². The summed E-state index contributed by atoms with van der Waals surface area (Å²) in [6.07, 6.45) is 5.18. The van der Waals surface area contributed by atoms with Gasteiger partial charge in [-0.15, -0.1) is 6.58 Å². The lowest BCUT2D eigenvalue weighted by molar-refractivity contribution is -0.142. The van der Waals surface area contributed by atoms with Crippen molar-refractivity contribution in [2.75, 3.05) is 0 Å². The minimum Gasteiger partial charge on any atom is -0.480 e. The van der Waals surface area contributed by atoms with Crippen LogP contribution in [0.2, 0.25) is 0 Å². The van der Waals surface area contributed by atoms with E-state index in [1.807, 2.05) is 25.1 Å². The van der Waals surface area contributed by atoms with Gasteiger partial charge in [0.2, 0.25) is 5.91 Å². The minimum atomic E-state index is -0.994. The van der Waals surface area contributed by atoms with E-state index in [0.29, 0.717) is 12.8 Å². The molecule has 1 aromatic rings. The van der Waals surface area contributed by atoms with Crippen LogP contribution >= 0.6 is 0 Å². The third-order valence-corrected chi connectivity index (χ3v) is 3.67. The highest BCUT2D eigenvalue weighted by molar-refractivity contribution is 5.84. The van der Waals surface area contributed by atoms with Crippen molar-refractivity contribution in [1.29, 1.82) is 0 Å². The average molecular weight is 303 g/mol. The summed E-state index contributed by atoms with van der Waals surface area (Å²) < 4.78 is 0. The predicted molar refractivity (Wildman–Crippen MR) is 87.5 cm³/mol. The number of carbonyl (C=O) groups excluding carboxylic acids is 1. The lowest BCUT2D eigenvalue weighted by Crippen LogP contribution is -2.43. The number of carboxylic acids is 1. The SMILES string of the molecule is C=CCCC(NC(=O)C(C)CCCc1ccccc1)C(=O)O. The molecule has 0 saturated heterocycles. The van der Waals surface area contributed by atoms with Crippen molar-refractivity contribution in [3.63, 3.8) is 0 Å². The van der Waals surface area contributed by atoms with Gasteiger partial charge in [-0.25, -0.2) is 4.79 Å². The van der Waals surface area contributed by atoms with Crippen LogP contribution in [-0.2, 0) is 16.0 Å². The number of allylic oxidation sites excluding steroid dienone is 1.